The van der Waals surface area contributed by atoms with Crippen molar-refractivity contribution < 1.29 is 9.53 Å². The molecule has 174 valence electrons. The predicted molar refractivity (Wildman–Crippen MR) is 136 cm³/mol. The molecule has 1 saturated heterocycles. The molecular weight excluding hydrogens is 426 g/mol. The van der Waals surface area contributed by atoms with E-state index in [-0.39, 0.29) is 0 Å². The largest absolute Gasteiger partial charge is 0.453 e. The second-order valence-corrected chi connectivity index (χ2v) is 8.80. The van der Waals surface area contributed by atoms with Crippen molar-refractivity contribution in [3.63, 3.8) is 0 Å². The van der Waals surface area contributed by atoms with Gasteiger partial charge in [0.2, 0.25) is 0 Å². The van der Waals surface area contributed by atoms with Crippen LogP contribution in [-0.4, -0.2) is 66.2 Å². The summed E-state index contributed by atoms with van der Waals surface area (Å²) in [6.45, 7) is 5.48. The first-order valence-corrected chi connectivity index (χ1v) is 11.5. The van der Waals surface area contributed by atoms with E-state index in [9.17, 15) is 4.79 Å². The molecule has 0 saturated carbocycles. The van der Waals surface area contributed by atoms with E-state index >= 15 is 0 Å². The summed E-state index contributed by atoms with van der Waals surface area (Å²) in [5, 5.41) is 3.76. The molecule has 4 aromatic rings. The zero-order valence-corrected chi connectivity index (χ0v) is 19.5. The van der Waals surface area contributed by atoms with Gasteiger partial charge >= 0.3 is 6.09 Å². The molecule has 2 aromatic heterocycles. The number of hydrogen-bond acceptors (Lipinski definition) is 5. The van der Waals surface area contributed by atoms with Gasteiger partial charge in [-0.05, 0) is 41.9 Å². The van der Waals surface area contributed by atoms with Crippen LogP contribution in [0.1, 0.15) is 5.56 Å². The molecule has 7 heteroatoms. The maximum Gasteiger partial charge on any atom is 0.411 e. The minimum Gasteiger partial charge on any atom is -0.453 e. The molecule has 1 aliphatic heterocycles. The van der Waals surface area contributed by atoms with Gasteiger partial charge in [-0.25, -0.2) is 9.78 Å². The third-order valence-electron chi connectivity index (χ3n) is 6.43. The van der Waals surface area contributed by atoms with Crippen LogP contribution in [-0.2, 0) is 11.3 Å². The van der Waals surface area contributed by atoms with Gasteiger partial charge in [0.1, 0.15) is 5.65 Å². The summed E-state index contributed by atoms with van der Waals surface area (Å²) in [6, 6.07) is 18.7. The molecule has 2 N–H and O–H groups in total. The van der Waals surface area contributed by atoms with Crippen LogP contribution in [0.3, 0.4) is 0 Å². The molecule has 34 heavy (non-hydrogen) atoms. The fourth-order valence-corrected chi connectivity index (χ4v) is 4.40. The monoisotopic (exact) mass is 455 g/mol. The number of anilines is 1. The van der Waals surface area contributed by atoms with Crippen LogP contribution >= 0.6 is 0 Å². The number of piperazine rings is 1. The van der Waals surface area contributed by atoms with Gasteiger partial charge in [-0.3, -0.25) is 10.2 Å². The Hall–Kier alpha value is -3.68. The first kappa shape index (κ1) is 22.1. The number of fused-ring (bicyclic) bond motifs is 1. The van der Waals surface area contributed by atoms with Gasteiger partial charge in [0.05, 0.1) is 7.11 Å². The van der Waals surface area contributed by atoms with Crippen LogP contribution in [0.15, 0.2) is 67.0 Å². The second-order valence-electron chi connectivity index (χ2n) is 8.80. The highest BCUT2D eigenvalue weighted by Crippen LogP contribution is 2.32. The lowest BCUT2D eigenvalue weighted by molar-refractivity contribution is 0.148. The summed E-state index contributed by atoms with van der Waals surface area (Å²) in [6.07, 6.45) is 3.38. The van der Waals surface area contributed by atoms with Gasteiger partial charge in [0.15, 0.2) is 0 Å². The Balaban J connectivity index is 1.38. The number of amides is 1. The number of benzene rings is 2. The van der Waals surface area contributed by atoms with Crippen molar-refractivity contribution in [2.75, 3.05) is 45.7 Å². The normalized spacial score (nSPS) is 14.9. The minimum absolute atomic E-state index is 0.490. The van der Waals surface area contributed by atoms with Crippen LogP contribution in [0.5, 0.6) is 0 Å². The van der Waals surface area contributed by atoms with E-state index in [1.54, 1.807) is 0 Å². The van der Waals surface area contributed by atoms with Crippen molar-refractivity contribution in [1.82, 2.24) is 19.8 Å². The lowest BCUT2D eigenvalue weighted by atomic mass is 10.0. The number of ether oxygens (including phenoxy) is 1. The van der Waals surface area contributed by atoms with Gasteiger partial charge in [-0.2, -0.15) is 0 Å². The zero-order chi connectivity index (χ0) is 23.5. The molecule has 0 aliphatic carbocycles. The van der Waals surface area contributed by atoms with Crippen molar-refractivity contribution in [3.8, 4) is 22.3 Å². The van der Waals surface area contributed by atoms with Gasteiger partial charge in [0, 0.05) is 67.3 Å². The highest BCUT2D eigenvalue weighted by molar-refractivity contribution is 5.97. The number of aromatic nitrogens is 2. The third kappa shape index (κ3) is 4.81. The standard InChI is InChI=1S/C27H29N5O2/c1-31-10-12-32(13-11-31)18-19-6-8-20(9-7-19)22-15-24-25(17-29-26(24)28-16-22)21-4-3-5-23(14-21)30-27(33)34-2/h3-9,14-17H,10-13,18H2,1-2H3,(H,28,29)(H,30,33). The SMILES string of the molecule is COC(=O)Nc1cccc(-c2c[nH]c3ncc(-c4ccc(CN5CCN(C)CC5)cc4)cc23)c1. The Morgan fingerprint density at radius 1 is 1.03 bits per heavy atom. The Bertz CT molecular complexity index is 1290. The topological polar surface area (TPSA) is 73.5 Å². The summed E-state index contributed by atoms with van der Waals surface area (Å²) >= 11 is 0. The summed E-state index contributed by atoms with van der Waals surface area (Å²) < 4.78 is 4.70. The van der Waals surface area contributed by atoms with Crippen LogP contribution in [0, 0.1) is 0 Å². The van der Waals surface area contributed by atoms with Crippen molar-refractivity contribution >= 4 is 22.8 Å². The molecule has 0 atom stereocenters. The van der Waals surface area contributed by atoms with Gasteiger partial charge < -0.3 is 14.6 Å². The molecule has 1 aliphatic rings. The van der Waals surface area contributed by atoms with Crippen molar-refractivity contribution in [1.29, 1.82) is 0 Å². The van der Waals surface area contributed by atoms with Crippen LogP contribution < -0.4 is 5.32 Å². The molecule has 0 radical (unpaired) electrons. The number of hydrogen-bond donors (Lipinski definition) is 2. The summed E-state index contributed by atoms with van der Waals surface area (Å²) in [4.78, 5) is 24.4. The van der Waals surface area contributed by atoms with Gasteiger partial charge in [-0.1, -0.05) is 36.4 Å². The van der Waals surface area contributed by atoms with E-state index in [2.05, 4.69) is 62.5 Å². The molecule has 3 heterocycles. The summed E-state index contributed by atoms with van der Waals surface area (Å²) in [5.41, 5.74) is 7.08. The first-order valence-electron chi connectivity index (χ1n) is 11.5. The van der Waals surface area contributed by atoms with E-state index in [0.29, 0.717) is 5.69 Å². The Morgan fingerprint density at radius 3 is 2.59 bits per heavy atom. The quantitative estimate of drug-likeness (QED) is 0.451. The molecular formula is C27H29N5O2. The number of methoxy groups -OCH3 is 1. The Morgan fingerprint density at radius 2 is 1.82 bits per heavy atom. The predicted octanol–water partition coefficient (Wildman–Crippen LogP) is 4.82. The van der Waals surface area contributed by atoms with E-state index in [1.165, 1.54) is 12.7 Å². The third-order valence-corrected chi connectivity index (χ3v) is 6.43. The Kier molecular flexibility index (Phi) is 6.29. The number of carbonyl (C=O) groups excluding carboxylic acids is 1. The highest BCUT2D eigenvalue weighted by atomic mass is 16.5. The van der Waals surface area contributed by atoms with E-state index < -0.39 is 6.09 Å². The maximum atomic E-state index is 11.6. The summed E-state index contributed by atoms with van der Waals surface area (Å²) in [7, 11) is 3.54. The average Bonchev–Trinajstić information content (AvgIpc) is 3.29. The Labute approximate surface area is 199 Å². The second kappa shape index (κ2) is 9.67. The number of nitrogens with zero attached hydrogens (tertiary/aromatic N) is 3. The number of likely N-dealkylation sites (N-methyl/N-ethyl adjacent to an activating group) is 1. The number of carbonyl (C=O) groups is 1. The van der Waals surface area contributed by atoms with Gasteiger partial charge in [0.25, 0.3) is 0 Å². The zero-order valence-electron chi connectivity index (χ0n) is 19.5. The molecule has 0 unspecified atom stereocenters. The first-order chi connectivity index (χ1) is 16.6. The molecule has 2 aromatic carbocycles. The van der Waals surface area contributed by atoms with E-state index in [1.807, 2.05) is 36.7 Å². The van der Waals surface area contributed by atoms with Crippen molar-refractivity contribution in [2.24, 2.45) is 0 Å². The summed E-state index contributed by atoms with van der Waals surface area (Å²) in [5.74, 6) is 0. The molecule has 1 fully saturated rings. The molecule has 0 spiro atoms. The van der Waals surface area contributed by atoms with Gasteiger partial charge in [-0.15, -0.1) is 0 Å². The number of aromatic amines is 1. The number of H-pyrrole nitrogens is 1. The fraction of sp³-hybridized carbons (Fsp3) is 0.259. The number of rotatable bonds is 5. The van der Waals surface area contributed by atoms with Crippen LogP contribution in [0.2, 0.25) is 0 Å². The van der Waals surface area contributed by atoms with E-state index in [0.717, 1.165) is 66.0 Å². The van der Waals surface area contributed by atoms with Crippen molar-refractivity contribution in [3.05, 3.63) is 72.6 Å². The van der Waals surface area contributed by atoms with Crippen molar-refractivity contribution in [2.45, 2.75) is 6.54 Å². The lowest BCUT2D eigenvalue weighted by Gasteiger charge is -2.32. The maximum absolute atomic E-state index is 11.6. The minimum atomic E-state index is -0.490. The fourth-order valence-electron chi connectivity index (χ4n) is 4.40. The molecule has 7 nitrogen and oxygen atoms in total. The number of nitrogens with one attached hydrogen (secondary N) is 2. The number of pyridine rings is 1. The lowest BCUT2D eigenvalue weighted by Crippen LogP contribution is -2.43. The average molecular weight is 456 g/mol. The smallest absolute Gasteiger partial charge is 0.411 e. The highest BCUT2D eigenvalue weighted by Gasteiger charge is 2.14. The van der Waals surface area contributed by atoms with E-state index in [4.69, 9.17) is 4.74 Å². The molecule has 5 rings (SSSR count). The molecule has 0 bridgehead atoms. The van der Waals surface area contributed by atoms with Crippen LogP contribution in [0.25, 0.3) is 33.3 Å². The van der Waals surface area contributed by atoms with Crippen LogP contribution in [0.4, 0.5) is 10.5 Å². The molecule has 1 amide bonds.